The second-order valence-corrected chi connectivity index (χ2v) is 6.36. The van der Waals surface area contributed by atoms with Crippen molar-refractivity contribution in [2.45, 2.75) is 38.6 Å². The van der Waals surface area contributed by atoms with E-state index in [1.807, 2.05) is 6.20 Å². The molecule has 1 aliphatic rings. The molecular weight excluding hydrogens is 282 g/mol. The quantitative estimate of drug-likeness (QED) is 0.792. The molecule has 1 atom stereocenters. The monoisotopic (exact) mass is 309 g/mol. The van der Waals surface area contributed by atoms with E-state index in [9.17, 15) is 0 Å². The van der Waals surface area contributed by atoms with E-state index in [1.165, 1.54) is 50.0 Å². The molecule has 3 rings (SSSR count). The number of piperidine rings is 1. The van der Waals surface area contributed by atoms with Crippen LogP contribution in [-0.4, -0.2) is 30.0 Å². The summed E-state index contributed by atoms with van der Waals surface area (Å²) in [4.78, 5) is 9.58. The Morgan fingerprint density at radius 2 is 1.96 bits per heavy atom. The van der Waals surface area contributed by atoms with Gasteiger partial charge in [0.25, 0.3) is 0 Å². The largest absolute Gasteiger partial charge is 0.329 e. The number of nitrogens with zero attached hydrogens (tertiary/aromatic N) is 3. The Morgan fingerprint density at radius 1 is 1.13 bits per heavy atom. The Labute approximate surface area is 140 Å². The molecule has 0 saturated carbocycles. The average molecular weight is 309 g/mol. The van der Waals surface area contributed by atoms with Crippen LogP contribution < -0.4 is 4.90 Å². The Hall–Kier alpha value is -1.87. The van der Waals surface area contributed by atoms with Crippen LogP contribution >= 0.6 is 0 Å². The van der Waals surface area contributed by atoms with Crippen molar-refractivity contribution in [3.05, 3.63) is 54.2 Å². The smallest absolute Gasteiger partial charge is 0.137 e. The van der Waals surface area contributed by atoms with Crippen molar-refractivity contribution in [1.29, 1.82) is 0 Å². The number of pyridine rings is 1. The minimum absolute atomic E-state index is 0.499. The van der Waals surface area contributed by atoms with Gasteiger partial charge in [-0.2, -0.15) is 0 Å². The maximum atomic E-state index is 4.72. The molecule has 0 N–H and O–H groups in total. The van der Waals surface area contributed by atoms with E-state index < -0.39 is 0 Å². The molecule has 122 valence electrons. The van der Waals surface area contributed by atoms with Crippen molar-refractivity contribution in [3.63, 3.8) is 0 Å². The van der Waals surface area contributed by atoms with E-state index in [1.54, 1.807) is 0 Å². The molecule has 1 aromatic carbocycles. The first-order valence-corrected chi connectivity index (χ1v) is 8.79. The van der Waals surface area contributed by atoms with Crippen molar-refractivity contribution in [3.8, 4) is 0 Å². The number of aromatic nitrogens is 1. The highest BCUT2D eigenvalue weighted by atomic mass is 15.2. The van der Waals surface area contributed by atoms with E-state index in [0.717, 1.165) is 5.82 Å². The van der Waals surface area contributed by atoms with Crippen LogP contribution in [0.15, 0.2) is 48.7 Å². The van der Waals surface area contributed by atoms with Crippen molar-refractivity contribution < 1.29 is 0 Å². The number of benzene rings is 1. The van der Waals surface area contributed by atoms with Gasteiger partial charge in [0, 0.05) is 30.5 Å². The molecule has 1 aliphatic heterocycles. The van der Waals surface area contributed by atoms with Crippen molar-refractivity contribution in [2.24, 2.45) is 0 Å². The SMILES string of the molecule is CCCN1CCCC[C@H]1c1cccnc1N(C)c1ccccc1. The van der Waals surface area contributed by atoms with Crippen LogP contribution in [0.2, 0.25) is 0 Å². The van der Waals surface area contributed by atoms with Gasteiger partial charge < -0.3 is 4.90 Å². The number of para-hydroxylation sites is 1. The van der Waals surface area contributed by atoms with Gasteiger partial charge in [0.15, 0.2) is 0 Å². The molecule has 1 saturated heterocycles. The number of hydrogen-bond acceptors (Lipinski definition) is 3. The summed E-state index contributed by atoms with van der Waals surface area (Å²) in [6, 6.07) is 15.3. The predicted octanol–water partition coefficient (Wildman–Crippen LogP) is 4.79. The molecule has 2 heterocycles. The third kappa shape index (κ3) is 3.56. The molecule has 0 unspecified atom stereocenters. The average Bonchev–Trinajstić information content (AvgIpc) is 2.63. The zero-order chi connectivity index (χ0) is 16.1. The van der Waals surface area contributed by atoms with Crippen molar-refractivity contribution >= 4 is 11.5 Å². The summed E-state index contributed by atoms with van der Waals surface area (Å²) >= 11 is 0. The van der Waals surface area contributed by atoms with Gasteiger partial charge in [0.2, 0.25) is 0 Å². The molecule has 0 spiro atoms. The summed E-state index contributed by atoms with van der Waals surface area (Å²) in [7, 11) is 2.12. The lowest BCUT2D eigenvalue weighted by Gasteiger charge is -2.37. The van der Waals surface area contributed by atoms with Gasteiger partial charge in [-0.05, 0) is 50.6 Å². The van der Waals surface area contributed by atoms with Gasteiger partial charge in [-0.15, -0.1) is 0 Å². The van der Waals surface area contributed by atoms with Crippen LogP contribution in [0.25, 0.3) is 0 Å². The van der Waals surface area contributed by atoms with Crippen LogP contribution in [0, 0.1) is 0 Å². The standard InChI is InChI=1S/C20H27N3/c1-3-15-23-16-8-7-13-19(23)18-12-9-14-21-20(18)22(2)17-10-5-4-6-11-17/h4-6,9-12,14,19H,3,7-8,13,15-16H2,1-2H3/t19-/m0/s1. The van der Waals surface area contributed by atoms with Gasteiger partial charge in [-0.1, -0.05) is 37.6 Å². The third-order valence-corrected chi connectivity index (χ3v) is 4.76. The first-order chi connectivity index (χ1) is 11.3. The van der Waals surface area contributed by atoms with Gasteiger partial charge in [-0.3, -0.25) is 4.90 Å². The molecule has 3 heteroatoms. The number of hydrogen-bond donors (Lipinski definition) is 0. The van der Waals surface area contributed by atoms with Crippen LogP contribution in [0.1, 0.15) is 44.2 Å². The lowest BCUT2D eigenvalue weighted by atomic mass is 9.95. The van der Waals surface area contributed by atoms with E-state index in [2.05, 4.69) is 66.2 Å². The second kappa shape index (κ2) is 7.60. The highest BCUT2D eigenvalue weighted by molar-refractivity contribution is 5.62. The zero-order valence-electron chi connectivity index (χ0n) is 14.3. The summed E-state index contributed by atoms with van der Waals surface area (Å²) in [6.45, 7) is 4.65. The molecule has 2 aromatic rings. The first-order valence-electron chi connectivity index (χ1n) is 8.79. The third-order valence-electron chi connectivity index (χ3n) is 4.76. The molecule has 0 aliphatic carbocycles. The molecule has 3 nitrogen and oxygen atoms in total. The van der Waals surface area contributed by atoms with Gasteiger partial charge in [0.1, 0.15) is 5.82 Å². The number of likely N-dealkylation sites (tertiary alicyclic amines) is 1. The fraction of sp³-hybridized carbons (Fsp3) is 0.450. The molecule has 23 heavy (non-hydrogen) atoms. The zero-order valence-corrected chi connectivity index (χ0v) is 14.3. The fourth-order valence-electron chi connectivity index (χ4n) is 3.62. The maximum absolute atomic E-state index is 4.72. The van der Waals surface area contributed by atoms with Crippen molar-refractivity contribution in [2.75, 3.05) is 25.0 Å². The Morgan fingerprint density at radius 3 is 2.74 bits per heavy atom. The van der Waals surface area contributed by atoms with E-state index in [4.69, 9.17) is 4.98 Å². The summed E-state index contributed by atoms with van der Waals surface area (Å²) < 4.78 is 0. The van der Waals surface area contributed by atoms with E-state index >= 15 is 0 Å². The molecule has 1 aromatic heterocycles. The highest BCUT2D eigenvalue weighted by Gasteiger charge is 2.26. The highest BCUT2D eigenvalue weighted by Crippen LogP contribution is 2.36. The fourth-order valence-corrected chi connectivity index (χ4v) is 3.62. The molecule has 0 bridgehead atoms. The van der Waals surface area contributed by atoms with Crippen LogP contribution in [0.3, 0.4) is 0 Å². The summed E-state index contributed by atoms with van der Waals surface area (Å²) in [5.41, 5.74) is 2.55. The Balaban J connectivity index is 1.93. The summed E-state index contributed by atoms with van der Waals surface area (Å²) in [6.07, 6.45) is 6.99. The van der Waals surface area contributed by atoms with Gasteiger partial charge in [-0.25, -0.2) is 4.98 Å². The number of anilines is 2. The van der Waals surface area contributed by atoms with Crippen LogP contribution in [0.4, 0.5) is 11.5 Å². The topological polar surface area (TPSA) is 19.4 Å². The maximum Gasteiger partial charge on any atom is 0.137 e. The van der Waals surface area contributed by atoms with Crippen LogP contribution in [-0.2, 0) is 0 Å². The lowest BCUT2D eigenvalue weighted by molar-refractivity contribution is 0.149. The van der Waals surface area contributed by atoms with E-state index in [0.29, 0.717) is 6.04 Å². The second-order valence-electron chi connectivity index (χ2n) is 6.36. The molecule has 1 fully saturated rings. The van der Waals surface area contributed by atoms with Gasteiger partial charge in [0.05, 0.1) is 0 Å². The molecular formula is C20H27N3. The summed E-state index contributed by atoms with van der Waals surface area (Å²) in [5.74, 6) is 1.09. The summed E-state index contributed by atoms with van der Waals surface area (Å²) in [5, 5.41) is 0. The van der Waals surface area contributed by atoms with Crippen molar-refractivity contribution in [1.82, 2.24) is 9.88 Å². The van der Waals surface area contributed by atoms with Gasteiger partial charge >= 0.3 is 0 Å². The normalized spacial score (nSPS) is 18.8. The van der Waals surface area contributed by atoms with Crippen LogP contribution in [0.5, 0.6) is 0 Å². The lowest BCUT2D eigenvalue weighted by Crippen LogP contribution is -2.34. The van der Waals surface area contributed by atoms with E-state index in [-0.39, 0.29) is 0 Å². The predicted molar refractivity (Wildman–Crippen MR) is 97.2 cm³/mol. The minimum Gasteiger partial charge on any atom is -0.329 e. The molecule has 0 radical (unpaired) electrons. The minimum atomic E-state index is 0.499. The Kier molecular flexibility index (Phi) is 5.29. The Bertz CT molecular complexity index is 609. The first kappa shape index (κ1) is 16.0. The number of rotatable bonds is 5. The molecule has 0 amide bonds.